The standard InChI is InChI=1S/C20H22N6O2S/c1-4-24(5-2)14-6-7-15(13(3)10-14)22-17(27)11-26-20(28)25-12-21-16-8-9-29-18(16)19(25)23-26/h6-10,12H,4-5,11H2,1-3H3,(H,22,27). The summed E-state index contributed by atoms with van der Waals surface area (Å²) in [6.45, 7) is 7.86. The number of benzene rings is 1. The minimum absolute atomic E-state index is 0.162. The normalized spacial score (nSPS) is 11.3. The van der Waals surface area contributed by atoms with E-state index in [1.165, 1.54) is 26.7 Å². The molecule has 0 saturated heterocycles. The van der Waals surface area contributed by atoms with Gasteiger partial charge in [-0.05, 0) is 56.0 Å². The van der Waals surface area contributed by atoms with E-state index in [2.05, 4.69) is 40.2 Å². The van der Waals surface area contributed by atoms with Gasteiger partial charge in [-0.3, -0.25) is 4.79 Å². The second-order valence-corrected chi connectivity index (χ2v) is 7.65. The van der Waals surface area contributed by atoms with Crippen molar-refractivity contribution in [3.8, 4) is 0 Å². The number of aromatic nitrogens is 4. The zero-order chi connectivity index (χ0) is 20.5. The lowest BCUT2D eigenvalue weighted by atomic mass is 10.1. The monoisotopic (exact) mass is 410 g/mol. The van der Waals surface area contributed by atoms with Crippen molar-refractivity contribution >= 4 is 44.5 Å². The largest absolute Gasteiger partial charge is 0.372 e. The summed E-state index contributed by atoms with van der Waals surface area (Å²) < 4.78 is 3.37. The van der Waals surface area contributed by atoms with Crippen LogP contribution in [0.1, 0.15) is 19.4 Å². The van der Waals surface area contributed by atoms with Gasteiger partial charge in [0.05, 0.1) is 10.2 Å². The highest BCUT2D eigenvalue weighted by atomic mass is 32.1. The molecule has 0 bridgehead atoms. The van der Waals surface area contributed by atoms with E-state index in [-0.39, 0.29) is 18.1 Å². The van der Waals surface area contributed by atoms with Crippen molar-refractivity contribution in [2.24, 2.45) is 0 Å². The minimum Gasteiger partial charge on any atom is -0.372 e. The van der Waals surface area contributed by atoms with Gasteiger partial charge in [0.1, 0.15) is 12.9 Å². The fourth-order valence-corrected chi connectivity index (χ4v) is 4.19. The number of amides is 1. The van der Waals surface area contributed by atoms with Gasteiger partial charge in [0.2, 0.25) is 5.91 Å². The molecule has 0 saturated carbocycles. The van der Waals surface area contributed by atoms with Gasteiger partial charge in [0, 0.05) is 24.5 Å². The number of hydrogen-bond acceptors (Lipinski definition) is 6. The molecule has 9 heteroatoms. The fraction of sp³-hybridized carbons (Fsp3) is 0.300. The number of anilines is 2. The number of rotatable bonds is 6. The quantitative estimate of drug-likeness (QED) is 0.528. The number of carbonyl (C=O) groups excluding carboxylic acids is 1. The molecule has 1 N–H and O–H groups in total. The number of hydrogen-bond donors (Lipinski definition) is 1. The summed E-state index contributed by atoms with van der Waals surface area (Å²) in [6.07, 6.45) is 1.45. The molecule has 150 valence electrons. The molecule has 29 heavy (non-hydrogen) atoms. The maximum Gasteiger partial charge on any atom is 0.352 e. The van der Waals surface area contributed by atoms with Crippen LogP contribution in [-0.4, -0.2) is 38.2 Å². The lowest BCUT2D eigenvalue weighted by molar-refractivity contribution is -0.117. The van der Waals surface area contributed by atoms with Crippen LogP contribution in [0.3, 0.4) is 0 Å². The average Bonchev–Trinajstić information content (AvgIpc) is 3.30. The Bertz CT molecular complexity index is 1250. The van der Waals surface area contributed by atoms with E-state index < -0.39 is 0 Å². The summed E-state index contributed by atoms with van der Waals surface area (Å²) in [6, 6.07) is 7.82. The maximum absolute atomic E-state index is 12.6. The summed E-state index contributed by atoms with van der Waals surface area (Å²) >= 11 is 1.47. The third-order valence-corrected chi connectivity index (χ3v) is 5.84. The molecule has 0 aliphatic rings. The first kappa shape index (κ1) is 19.1. The van der Waals surface area contributed by atoms with Gasteiger partial charge in [0.15, 0.2) is 5.65 Å². The molecule has 3 heterocycles. The highest BCUT2D eigenvalue weighted by molar-refractivity contribution is 7.17. The van der Waals surface area contributed by atoms with Crippen LogP contribution in [0.2, 0.25) is 0 Å². The van der Waals surface area contributed by atoms with Crippen molar-refractivity contribution in [1.29, 1.82) is 0 Å². The number of thiophene rings is 1. The highest BCUT2D eigenvalue weighted by Crippen LogP contribution is 2.23. The molecule has 4 rings (SSSR count). The molecule has 1 aromatic carbocycles. The van der Waals surface area contributed by atoms with Crippen molar-refractivity contribution in [2.75, 3.05) is 23.3 Å². The van der Waals surface area contributed by atoms with E-state index in [4.69, 9.17) is 0 Å². The first-order valence-electron chi connectivity index (χ1n) is 9.48. The van der Waals surface area contributed by atoms with Crippen LogP contribution in [-0.2, 0) is 11.3 Å². The predicted octanol–water partition coefficient (Wildman–Crippen LogP) is 2.90. The van der Waals surface area contributed by atoms with Crippen LogP contribution >= 0.6 is 11.3 Å². The molecular weight excluding hydrogens is 388 g/mol. The van der Waals surface area contributed by atoms with E-state index in [0.29, 0.717) is 5.65 Å². The fourth-order valence-electron chi connectivity index (χ4n) is 3.37. The molecule has 0 aliphatic heterocycles. The van der Waals surface area contributed by atoms with Crippen molar-refractivity contribution in [3.05, 3.63) is 52.0 Å². The van der Waals surface area contributed by atoms with Gasteiger partial charge in [-0.1, -0.05) is 0 Å². The van der Waals surface area contributed by atoms with Gasteiger partial charge in [-0.15, -0.1) is 16.4 Å². The molecular formula is C20H22N6O2S. The van der Waals surface area contributed by atoms with Crippen LogP contribution < -0.4 is 15.9 Å². The molecule has 0 spiro atoms. The summed E-state index contributed by atoms with van der Waals surface area (Å²) in [5, 5.41) is 9.13. The zero-order valence-electron chi connectivity index (χ0n) is 16.5. The summed E-state index contributed by atoms with van der Waals surface area (Å²) in [4.78, 5) is 31.6. The van der Waals surface area contributed by atoms with Crippen LogP contribution in [0.5, 0.6) is 0 Å². The Morgan fingerprint density at radius 2 is 2.03 bits per heavy atom. The Balaban J connectivity index is 1.56. The third kappa shape index (κ3) is 3.49. The van der Waals surface area contributed by atoms with Crippen LogP contribution in [0, 0.1) is 6.92 Å². The van der Waals surface area contributed by atoms with Gasteiger partial charge in [-0.25, -0.2) is 18.9 Å². The van der Waals surface area contributed by atoms with Crippen molar-refractivity contribution < 1.29 is 4.79 Å². The predicted molar refractivity (Wildman–Crippen MR) is 116 cm³/mol. The van der Waals surface area contributed by atoms with Gasteiger partial charge < -0.3 is 10.2 Å². The molecule has 0 radical (unpaired) electrons. The molecule has 0 unspecified atom stereocenters. The van der Waals surface area contributed by atoms with E-state index >= 15 is 0 Å². The summed E-state index contributed by atoms with van der Waals surface area (Å²) in [7, 11) is 0. The van der Waals surface area contributed by atoms with E-state index in [0.717, 1.165) is 40.2 Å². The van der Waals surface area contributed by atoms with E-state index in [1.54, 1.807) is 0 Å². The Morgan fingerprint density at radius 3 is 2.76 bits per heavy atom. The summed E-state index contributed by atoms with van der Waals surface area (Å²) in [5.41, 5.74) is 3.73. The summed E-state index contributed by atoms with van der Waals surface area (Å²) in [5.74, 6) is -0.301. The SMILES string of the molecule is CCN(CC)c1ccc(NC(=O)Cn2nc3c4sccc4ncn3c2=O)c(C)c1. The van der Waals surface area contributed by atoms with E-state index in [9.17, 15) is 9.59 Å². The first-order valence-corrected chi connectivity index (χ1v) is 10.4. The molecule has 1 amide bonds. The van der Waals surface area contributed by atoms with Crippen LogP contribution in [0.15, 0.2) is 40.8 Å². The highest BCUT2D eigenvalue weighted by Gasteiger charge is 2.15. The van der Waals surface area contributed by atoms with Gasteiger partial charge in [-0.2, -0.15) is 0 Å². The molecule has 8 nitrogen and oxygen atoms in total. The average molecular weight is 411 g/mol. The van der Waals surface area contributed by atoms with Gasteiger partial charge >= 0.3 is 5.69 Å². The first-order chi connectivity index (χ1) is 14.0. The number of carbonyl (C=O) groups is 1. The van der Waals surface area contributed by atoms with Crippen molar-refractivity contribution in [1.82, 2.24) is 19.2 Å². The van der Waals surface area contributed by atoms with Crippen LogP contribution in [0.25, 0.3) is 15.9 Å². The maximum atomic E-state index is 12.6. The third-order valence-electron chi connectivity index (χ3n) is 4.94. The Morgan fingerprint density at radius 1 is 1.24 bits per heavy atom. The molecule has 0 atom stereocenters. The number of aryl methyl sites for hydroxylation is 1. The number of nitrogens with zero attached hydrogens (tertiary/aromatic N) is 5. The zero-order valence-corrected chi connectivity index (χ0v) is 17.4. The topological polar surface area (TPSA) is 84.5 Å². The Labute approximate surface area is 171 Å². The van der Waals surface area contributed by atoms with Crippen LogP contribution in [0.4, 0.5) is 11.4 Å². The Hall–Kier alpha value is -3.20. The second kappa shape index (κ2) is 7.67. The lowest BCUT2D eigenvalue weighted by Crippen LogP contribution is -2.28. The van der Waals surface area contributed by atoms with Crippen molar-refractivity contribution in [2.45, 2.75) is 27.3 Å². The molecule has 4 aromatic rings. The van der Waals surface area contributed by atoms with Crippen molar-refractivity contribution in [3.63, 3.8) is 0 Å². The van der Waals surface area contributed by atoms with E-state index in [1.807, 2.05) is 30.5 Å². The van der Waals surface area contributed by atoms with Gasteiger partial charge in [0.25, 0.3) is 0 Å². The lowest BCUT2D eigenvalue weighted by Gasteiger charge is -2.22. The molecule has 0 aliphatic carbocycles. The number of nitrogens with one attached hydrogen (secondary N) is 1. The Kier molecular flexibility index (Phi) is 5.06. The molecule has 0 fully saturated rings. The smallest absolute Gasteiger partial charge is 0.352 e. The second-order valence-electron chi connectivity index (χ2n) is 6.73. The molecule has 3 aromatic heterocycles. The number of fused-ring (bicyclic) bond motifs is 3. The minimum atomic E-state index is -0.383.